The smallest absolute Gasteiger partial charge is 0.340 e. The largest absolute Gasteiger partial charge is 0.379 e. The van der Waals surface area contributed by atoms with Crippen LogP contribution in [0.15, 0.2) is 67.5 Å². The van der Waals surface area contributed by atoms with Gasteiger partial charge in [0, 0.05) is 11.9 Å². The van der Waals surface area contributed by atoms with Gasteiger partial charge in [-0.15, -0.1) is 0 Å². The molecule has 0 amide bonds. The van der Waals surface area contributed by atoms with Gasteiger partial charge in [-0.2, -0.15) is 8.42 Å². The minimum Gasteiger partial charge on any atom is -0.379 e. The Kier molecular flexibility index (Phi) is 6.94. The van der Waals surface area contributed by atoms with Crippen molar-refractivity contribution in [2.24, 2.45) is 0 Å². The molecule has 0 spiro atoms. The molecule has 1 N–H and O–H groups in total. The highest BCUT2D eigenvalue weighted by Crippen LogP contribution is 2.27. The second-order valence-corrected chi connectivity index (χ2v) is 11.2. The molecule has 2 heterocycles. The van der Waals surface area contributed by atoms with E-state index in [0.717, 1.165) is 12.4 Å². The van der Waals surface area contributed by atoms with E-state index >= 15 is 0 Å². The fourth-order valence-electron chi connectivity index (χ4n) is 2.06. The van der Waals surface area contributed by atoms with Crippen LogP contribution in [0.4, 0.5) is 5.69 Å². The summed E-state index contributed by atoms with van der Waals surface area (Å²) in [7, 11) is -8.11. The first-order chi connectivity index (χ1) is 14.0. The number of hydrogen-bond acceptors (Lipinski definition) is 7. The van der Waals surface area contributed by atoms with Crippen LogP contribution in [0.2, 0.25) is 10.3 Å². The summed E-state index contributed by atoms with van der Waals surface area (Å²) in [5, 5.41) is 0.230. The maximum absolute atomic E-state index is 12.5. The van der Waals surface area contributed by atoms with Crippen LogP contribution in [-0.4, -0.2) is 26.8 Å². The predicted molar refractivity (Wildman–Crippen MR) is 119 cm³/mol. The van der Waals surface area contributed by atoms with Gasteiger partial charge in [-0.05, 0) is 68.3 Å². The number of halogens is 4. The lowest BCUT2D eigenvalue weighted by molar-refractivity contribution is 0.485. The Bertz CT molecular complexity index is 1220. The third-order valence-electron chi connectivity index (χ3n) is 3.45. The standard InChI is InChI=1S/C16H9Br2Cl2N3O5S2/c17-13-5-11(7-21-15(13)19)29(24,25)23-9-1-3-10(4-2-9)28-30(26,27)12-6-14(18)16(20)22-8-12/h1-8,23H. The van der Waals surface area contributed by atoms with Gasteiger partial charge in [0.1, 0.15) is 25.8 Å². The first-order valence-electron chi connectivity index (χ1n) is 7.67. The van der Waals surface area contributed by atoms with Gasteiger partial charge in [-0.1, -0.05) is 23.2 Å². The molecule has 1 aromatic carbocycles. The molecule has 0 bridgehead atoms. The monoisotopic (exact) mass is 615 g/mol. The third-order valence-corrected chi connectivity index (χ3v) is 8.28. The van der Waals surface area contributed by atoms with E-state index in [1.807, 2.05) is 0 Å². The van der Waals surface area contributed by atoms with E-state index in [2.05, 4.69) is 46.5 Å². The molecule has 8 nitrogen and oxygen atoms in total. The zero-order valence-electron chi connectivity index (χ0n) is 14.4. The average molecular weight is 618 g/mol. The van der Waals surface area contributed by atoms with E-state index in [1.54, 1.807) is 0 Å². The second-order valence-electron chi connectivity index (χ2n) is 5.55. The molecule has 30 heavy (non-hydrogen) atoms. The van der Waals surface area contributed by atoms with Crippen LogP contribution in [0.25, 0.3) is 0 Å². The summed E-state index contributed by atoms with van der Waals surface area (Å²) in [5.74, 6) is -0.0278. The second kappa shape index (κ2) is 8.97. The molecule has 0 aliphatic rings. The van der Waals surface area contributed by atoms with E-state index in [0.29, 0.717) is 8.95 Å². The van der Waals surface area contributed by atoms with Crippen molar-refractivity contribution in [2.45, 2.75) is 9.79 Å². The molecule has 158 valence electrons. The molecule has 0 saturated carbocycles. The Hall–Kier alpha value is -1.44. The Labute approximate surface area is 199 Å². The average Bonchev–Trinajstić information content (AvgIpc) is 2.67. The van der Waals surface area contributed by atoms with Gasteiger partial charge in [0.2, 0.25) is 0 Å². The lowest BCUT2D eigenvalue weighted by Gasteiger charge is -2.10. The Morgan fingerprint density at radius 2 is 1.33 bits per heavy atom. The normalized spacial score (nSPS) is 11.9. The topological polar surface area (TPSA) is 115 Å². The summed E-state index contributed by atoms with van der Waals surface area (Å²) in [5.41, 5.74) is 0.182. The van der Waals surface area contributed by atoms with Crippen molar-refractivity contribution < 1.29 is 21.0 Å². The molecule has 3 rings (SSSR count). The first kappa shape index (κ1) is 23.2. The van der Waals surface area contributed by atoms with Crippen LogP contribution < -0.4 is 8.91 Å². The molecule has 0 aliphatic heterocycles. The van der Waals surface area contributed by atoms with Crippen molar-refractivity contribution in [2.75, 3.05) is 4.72 Å². The molecule has 2 aromatic heterocycles. The third kappa shape index (κ3) is 5.42. The van der Waals surface area contributed by atoms with Crippen molar-refractivity contribution >= 4 is 80.9 Å². The number of pyridine rings is 2. The molecule has 14 heteroatoms. The van der Waals surface area contributed by atoms with Gasteiger partial charge in [0.25, 0.3) is 10.0 Å². The lowest BCUT2D eigenvalue weighted by atomic mass is 10.3. The summed E-state index contributed by atoms with van der Waals surface area (Å²) in [6, 6.07) is 7.84. The summed E-state index contributed by atoms with van der Waals surface area (Å²) < 4.78 is 57.7. The Morgan fingerprint density at radius 3 is 1.87 bits per heavy atom. The zero-order valence-corrected chi connectivity index (χ0v) is 20.7. The SMILES string of the molecule is O=S(=O)(Nc1ccc(OS(=O)(=O)c2cnc(Cl)c(Br)c2)cc1)c1cnc(Cl)c(Br)c1. The maximum atomic E-state index is 12.5. The number of nitrogens with one attached hydrogen (secondary N) is 1. The highest BCUT2D eigenvalue weighted by Gasteiger charge is 2.20. The van der Waals surface area contributed by atoms with Crippen LogP contribution in [0, 0.1) is 0 Å². The molecular weight excluding hydrogens is 609 g/mol. The summed E-state index contributed by atoms with van der Waals surface area (Å²) in [6.07, 6.45) is 2.17. The number of sulfonamides is 1. The summed E-state index contributed by atoms with van der Waals surface area (Å²) >= 11 is 17.7. The lowest BCUT2D eigenvalue weighted by Crippen LogP contribution is -2.13. The van der Waals surface area contributed by atoms with E-state index in [1.165, 1.54) is 36.4 Å². The van der Waals surface area contributed by atoms with Crippen molar-refractivity contribution in [1.29, 1.82) is 0 Å². The fraction of sp³-hybridized carbons (Fsp3) is 0. The van der Waals surface area contributed by atoms with Gasteiger partial charge < -0.3 is 4.18 Å². The zero-order chi connectivity index (χ0) is 22.1. The molecule has 0 unspecified atom stereocenters. The number of nitrogens with zero attached hydrogens (tertiary/aromatic N) is 2. The van der Waals surface area contributed by atoms with Crippen LogP contribution in [0.3, 0.4) is 0 Å². The molecule has 3 aromatic rings. The van der Waals surface area contributed by atoms with Crippen molar-refractivity contribution in [3.63, 3.8) is 0 Å². The van der Waals surface area contributed by atoms with Gasteiger partial charge in [0.05, 0.1) is 15.1 Å². The van der Waals surface area contributed by atoms with Crippen LogP contribution in [0.1, 0.15) is 0 Å². The maximum Gasteiger partial charge on any atom is 0.340 e. The highest BCUT2D eigenvalue weighted by molar-refractivity contribution is 9.10. The molecule has 0 saturated heterocycles. The quantitative estimate of drug-likeness (QED) is 0.310. The number of hydrogen-bond donors (Lipinski definition) is 1. The van der Waals surface area contributed by atoms with Gasteiger partial charge >= 0.3 is 10.1 Å². The fourth-order valence-corrected chi connectivity index (χ4v) is 5.20. The Balaban J connectivity index is 1.77. The highest BCUT2D eigenvalue weighted by atomic mass is 79.9. The first-order valence-corrected chi connectivity index (χ1v) is 12.9. The molecule has 0 radical (unpaired) electrons. The van der Waals surface area contributed by atoms with E-state index < -0.39 is 20.1 Å². The minimum atomic E-state index is -4.17. The van der Waals surface area contributed by atoms with Crippen molar-refractivity contribution in [3.8, 4) is 5.75 Å². The number of rotatable bonds is 6. The molecule has 0 aliphatic carbocycles. The molecule has 0 fully saturated rings. The summed E-state index contributed by atoms with van der Waals surface area (Å²) in [6.45, 7) is 0. The van der Waals surface area contributed by atoms with Crippen LogP contribution >= 0.6 is 55.1 Å². The van der Waals surface area contributed by atoms with Gasteiger partial charge in [0.15, 0.2) is 0 Å². The summed E-state index contributed by atoms with van der Waals surface area (Å²) in [4.78, 5) is 7.21. The predicted octanol–water partition coefficient (Wildman–Crippen LogP) is 4.88. The number of benzene rings is 1. The van der Waals surface area contributed by atoms with E-state index in [4.69, 9.17) is 27.4 Å². The van der Waals surface area contributed by atoms with Crippen LogP contribution in [-0.2, 0) is 20.1 Å². The van der Waals surface area contributed by atoms with E-state index in [9.17, 15) is 16.8 Å². The van der Waals surface area contributed by atoms with Crippen LogP contribution in [0.5, 0.6) is 5.75 Å². The van der Waals surface area contributed by atoms with E-state index in [-0.39, 0.29) is 31.5 Å². The van der Waals surface area contributed by atoms with Gasteiger partial charge in [-0.25, -0.2) is 18.4 Å². The van der Waals surface area contributed by atoms with Crippen molar-refractivity contribution in [3.05, 3.63) is 68.0 Å². The molecular formula is C16H9Br2Cl2N3O5S2. The van der Waals surface area contributed by atoms with Gasteiger partial charge in [-0.3, -0.25) is 4.72 Å². The van der Waals surface area contributed by atoms with Crippen molar-refractivity contribution in [1.82, 2.24) is 9.97 Å². The number of aromatic nitrogens is 2. The number of anilines is 1. The Morgan fingerprint density at radius 1 is 0.833 bits per heavy atom. The molecule has 0 atom stereocenters. The minimum absolute atomic E-state index is 0.0278.